The van der Waals surface area contributed by atoms with Crippen molar-refractivity contribution < 1.29 is 9.53 Å². The Morgan fingerprint density at radius 1 is 1.11 bits per heavy atom. The van der Waals surface area contributed by atoms with E-state index in [-0.39, 0.29) is 5.78 Å². The summed E-state index contributed by atoms with van der Waals surface area (Å²) in [6.07, 6.45) is 0. The van der Waals surface area contributed by atoms with Gasteiger partial charge in [-0.3, -0.25) is 0 Å². The molecule has 0 aliphatic heterocycles. The Hall–Kier alpha value is -0.727. The Labute approximate surface area is 126 Å². The van der Waals surface area contributed by atoms with E-state index in [2.05, 4.69) is 30.4 Å². The van der Waals surface area contributed by atoms with Crippen molar-refractivity contribution in [2.45, 2.75) is 6.92 Å². The van der Waals surface area contributed by atoms with E-state index < -0.39 is 19.4 Å². The fourth-order valence-electron chi connectivity index (χ4n) is 1.79. The molecule has 0 fully saturated rings. The second-order valence-electron chi connectivity index (χ2n) is 4.05. The van der Waals surface area contributed by atoms with E-state index in [1.807, 2.05) is 30.3 Å². The fraction of sp³-hybridized carbons (Fsp3) is 0.133. The van der Waals surface area contributed by atoms with Crippen LogP contribution in [0.1, 0.15) is 17.3 Å². The number of methoxy groups -OCH3 is 1. The molecule has 0 amide bonds. The van der Waals surface area contributed by atoms with Crippen molar-refractivity contribution >= 4 is 43.9 Å². The van der Waals surface area contributed by atoms with Crippen molar-refractivity contribution in [2.24, 2.45) is 0 Å². The first-order valence-corrected chi connectivity index (χ1v) is 16.8. The first kappa shape index (κ1) is 14.7. The van der Waals surface area contributed by atoms with E-state index in [0.717, 1.165) is 11.3 Å². The minimum atomic E-state index is -2.21. The van der Waals surface area contributed by atoms with Crippen LogP contribution in [0.25, 0.3) is 0 Å². The predicted octanol–water partition coefficient (Wildman–Crippen LogP) is 2.40. The molecule has 0 aromatic heterocycles. The summed E-state index contributed by atoms with van der Waals surface area (Å²) in [5.74, 6) is 0.983. The van der Waals surface area contributed by atoms with Crippen molar-refractivity contribution in [3.8, 4) is 5.75 Å². The zero-order valence-corrected chi connectivity index (χ0v) is 15.8. The van der Waals surface area contributed by atoms with E-state index in [9.17, 15) is 4.79 Å². The van der Waals surface area contributed by atoms with Crippen LogP contribution in [-0.2, 0) is 0 Å². The van der Waals surface area contributed by atoms with E-state index in [0.29, 0.717) is 0 Å². The topological polar surface area (TPSA) is 26.3 Å². The van der Waals surface area contributed by atoms with Gasteiger partial charge in [0.05, 0.1) is 0 Å². The Morgan fingerprint density at radius 2 is 1.74 bits per heavy atom. The Kier molecular flexibility index (Phi) is 5.12. The number of carbonyl (C=O) groups excluding carboxylic acids is 1. The normalized spacial score (nSPS) is 10.5. The van der Waals surface area contributed by atoms with Gasteiger partial charge in [0.15, 0.2) is 0 Å². The molecular formula is C15H14BiBrO2. The molecule has 0 spiro atoms. The number of halogens is 1. The first-order chi connectivity index (χ1) is 9.13. The summed E-state index contributed by atoms with van der Waals surface area (Å²) in [6.45, 7) is 1.62. The molecule has 0 atom stereocenters. The van der Waals surface area contributed by atoms with Crippen LogP contribution in [0.3, 0.4) is 0 Å². The molecule has 2 rings (SSSR count). The molecule has 0 bridgehead atoms. The van der Waals surface area contributed by atoms with Gasteiger partial charge in [0.2, 0.25) is 0 Å². The zero-order valence-electron chi connectivity index (χ0n) is 10.8. The van der Waals surface area contributed by atoms with Crippen LogP contribution >= 0.6 is 12.2 Å². The summed E-state index contributed by atoms with van der Waals surface area (Å²) in [7, 11) is 1.66. The Bertz CT molecular complexity index is 581. The summed E-state index contributed by atoms with van der Waals surface area (Å²) in [6, 6.07) is 16.0. The summed E-state index contributed by atoms with van der Waals surface area (Å²) in [5, 5.41) is 0. The number of carbonyl (C=O) groups is 1. The summed E-state index contributed by atoms with van der Waals surface area (Å²) in [4.78, 5) is 11.7. The van der Waals surface area contributed by atoms with Crippen molar-refractivity contribution in [3.63, 3.8) is 0 Å². The van der Waals surface area contributed by atoms with Gasteiger partial charge in [-0.15, -0.1) is 0 Å². The number of benzene rings is 2. The van der Waals surface area contributed by atoms with Gasteiger partial charge >= 0.3 is 127 Å². The molecule has 0 N–H and O–H groups in total. The van der Waals surface area contributed by atoms with Crippen LogP contribution in [0, 0.1) is 0 Å². The van der Waals surface area contributed by atoms with Gasteiger partial charge in [0, 0.05) is 0 Å². The van der Waals surface area contributed by atoms with Crippen LogP contribution in [0.5, 0.6) is 5.75 Å². The maximum atomic E-state index is 11.7. The van der Waals surface area contributed by atoms with Gasteiger partial charge in [-0.2, -0.15) is 0 Å². The van der Waals surface area contributed by atoms with Crippen LogP contribution in [0.15, 0.2) is 48.5 Å². The molecule has 0 aliphatic rings. The molecule has 0 unspecified atom stereocenters. The van der Waals surface area contributed by atoms with E-state index in [1.54, 1.807) is 14.0 Å². The SMILES string of the molecule is COc1cc[c]([Bi]([Br])[c]2ccccc2C(C)=O)cc1. The van der Waals surface area contributed by atoms with Gasteiger partial charge in [0.25, 0.3) is 0 Å². The Balaban J connectivity index is 2.37. The molecule has 4 heteroatoms. The molecule has 2 aromatic rings. The van der Waals surface area contributed by atoms with Gasteiger partial charge in [0.1, 0.15) is 0 Å². The Morgan fingerprint density at radius 3 is 2.32 bits per heavy atom. The molecule has 0 saturated carbocycles. The van der Waals surface area contributed by atoms with E-state index in [1.165, 1.54) is 6.54 Å². The molecule has 0 saturated heterocycles. The van der Waals surface area contributed by atoms with Crippen LogP contribution in [0.4, 0.5) is 0 Å². The molecule has 19 heavy (non-hydrogen) atoms. The first-order valence-electron chi connectivity index (χ1n) is 5.83. The molecular weight excluding hydrogens is 501 g/mol. The van der Waals surface area contributed by atoms with E-state index in [4.69, 9.17) is 4.74 Å². The molecule has 98 valence electrons. The minimum absolute atomic E-state index is 0.128. The van der Waals surface area contributed by atoms with Crippen molar-refractivity contribution in [3.05, 3.63) is 54.1 Å². The quantitative estimate of drug-likeness (QED) is 0.462. The average Bonchev–Trinajstić information content (AvgIpc) is 2.46. The number of ether oxygens (including phenoxy) is 1. The maximum absolute atomic E-state index is 11.7. The third kappa shape index (κ3) is 3.43. The number of hydrogen-bond acceptors (Lipinski definition) is 2. The van der Waals surface area contributed by atoms with Gasteiger partial charge in [-0.25, -0.2) is 0 Å². The van der Waals surface area contributed by atoms with Crippen molar-refractivity contribution in [2.75, 3.05) is 7.11 Å². The number of Topliss-reactive ketones (excluding diaryl/α,β-unsaturated/α-hetero) is 1. The van der Waals surface area contributed by atoms with Gasteiger partial charge in [-0.05, 0) is 0 Å². The second kappa shape index (κ2) is 6.63. The predicted molar refractivity (Wildman–Crippen MR) is 83.4 cm³/mol. The van der Waals surface area contributed by atoms with Crippen LogP contribution in [0.2, 0.25) is 0 Å². The molecule has 2 nitrogen and oxygen atoms in total. The fourth-order valence-corrected chi connectivity index (χ4v) is 11.8. The third-order valence-corrected chi connectivity index (χ3v) is 15.8. The zero-order chi connectivity index (χ0) is 13.8. The van der Waals surface area contributed by atoms with Gasteiger partial charge < -0.3 is 0 Å². The third-order valence-electron chi connectivity index (χ3n) is 2.79. The van der Waals surface area contributed by atoms with Crippen molar-refractivity contribution in [1.29, 1.82) is 0 Å². The molecule has 2 aromatic carbocycles. The standard InChI is InChI=1S/C8H7O.C7H7O.Bi.BrH/c1-7(9)8-5-3-2-4-6-8;1-8-7-5-3-2-4-6-7;;/h2-5H,1H3;3-6H,1H3;;1H/q;;+1;/p-1. The molecule has 0 radical (unpaired) electrons. The second-order valence-corrected chi connectivity index (χ2v) is 16.3. The number of hydrogen-bond donors (Lipinski definition) is 0. The monoisotopic (exact) mass is 514 g/mol. The molecule has 0 heterocycles. The molecule has 0 aliphatic carbocycles. The van der Waals surface area contributed by atoms with Crippen LogP contribution < -0.4 is 11.3 Å². The number of ketones is 1. The van der Waals surface area contributed by atoms with Gasteiger partial charge in [-0.1, -0.05) is 0 Å². The summed E-state index contributed by atoms with van der Waals surface area (Å²) < 4.78 is 7.66. The van der Waals surface area contributed by atoms with Crippen molar-refractivity contribution in [1.82, 2.24) is 0 Å². The number of rotatable bonds is 4. The summed E-state index contributed by atoms with van der Waals surface area (Å²) >= 11 is 1.66. The summed E-state index contributed by atoms with van der Waals surface area (Å²) in [5.41, 5.74) is 0.841. The average molecular weight is 515 g/mol. The van der Waals surface area contributed by atoms with Crippen LogP contribution in [-0.4, -0.2) is 32.3 Å². The van der Waals surface area contributed by atoms with E-state index >= 15 is 0 Å².